The van der Waals surface area contributed by atoms with Gasteiger partial charge in [0.2, 0.25) is 11.8 Å². The Labute approximate surface area is 166 Å². The highest BCUT2D eigenvalue weighted by Gasteiger charge is 2.63. The third-order valence-corrected chi connectivity index (χ3v) is 7.18. The predicted octanol–water partition coefficient (Wildman–Crippen LogP) is 0.927. The second kappa shape index (κ2) is 6.66. The van der Waals surface area contributed by atoms with Crippen molar-refractivity contribution in [1.82, 2.24) is 20.6 Å². The van der Waals surface area contributed by atoms with E-state index in [9.17, 15) is 9.59 Å². The minimum atomic E-state index is -0.201. The molecular formula is C19H23N5O3S. The highest BCUT2D eigenvalue weighted by Crippen LogP contribution is 2.55. The second-order valence-corrected chi connectivity index (χ2v) is 8.86. The number of amides is 2. The van der Waals surface area contributed by atoms with Crippen LogP contribution < -0.4 is 15.5 Å². The maximum absolute atomic E-state index is 12.0. The maximum atomic E-state index is 12.0. The van der Waals surface area contributed by atoms with Gasteiger partial charge in [0.15, 0.2) is 0 Å². The lowest BCUT2D eigenvalue weighted by Crippen LogP contribution is -2.44. The van der Waals surface area contributed by atoms with E-state index in [-0.39, 0.29) is 30.1 Å². The number of carbonyl (C=O) groups excluding carboxylic acids is 2. The molecule has 28 heavy (non-hydrogen) atoms. The summed E-state index contributed by atoms with van der Waals surface area (Å²) in [6, 6.07) is 2.08. The van der Waals surface area contributed by atoms with Crippen LogP contribution in [-0.2, 0) is 14.3 Å². The first kappa shape index (κ1) is 17.8. The molecule has 3 aliphatic heterocycles. The molecule has 8 nitrogen and oxygen atoms in total. The lowest BCUT2D eigenvalue weighted by Gasteiger charge is -2.29. The number of thiophene rings is 1. The number of nitrogens with zero attached hydrogens (tertiary/aromatic N) is 3. The maximum Gasteiger partial charge on any atom is 0.239 e. The van der Waals surface area contributed by atoms with E-state index in [4.69, 9.17) is 4.74 Å². The summed E-state index contributed by atoms with van der Waals surface area (Å²) in [4.78, 5) is 35.2. The van der Waals surface area contributed by atoms with Gasteiger partial charge in [-0.15, -0.1) is 11.3 Å². The van der Waals surface area contributed by atoms with E-state index in [2.05, 4.69) is 31.6 Å². The fraction of sp³-hybridized carbons (Fsp3) is 0.579. The van der Waals surface area contributed by atoms with Gasteiger partial charge < -0.3 is 20.3 Å². The Morgan fingerprint density at radius 1 is 1.39 bits per heavy atom. The molecule has 9 heteroatoms. The summed E-state index contributed by atoms with van der Waals surface area (Å²) < 4.78 is 6.47. The van der Waals surface area contributed by atoms with E-state index in [0.29, 0.717) is 18.4 Å². The Morgan fingerprint density at radius 3 is 3.14 bits per heavy atom. The van der Waals surface area contributed by atoms with Crippen LogP contribution in [0.5, 0.6) is 0 Å². The first-order chi connectivity index (χ1) is 13.6. The van der Waals surface area contributed by atoms with E-state index < -0.39 is 0 Å². The van der Waals surface area contributed by atoms with Crippen molar-refractivity contribution < 1.29 is 14.3 Å². The zero-order valence-electron chi connectivity index (χ0n) is 15.7. The summed E-state index contributed by atoms with van der Waals surface area (Å²) in [7, 11) is 0. The molecule has 5 rings (SSSR count). The van der Waals surface area contributed by atoms with Crippen LogP contribution in [0.2, 0.25) is 0 Å². The fourth-order valence-electron chi connectivity index (χ4n) is 5.15. The summed E-state index contributed by atoms with van der Waals surface area (Å²) in [5.41, 5.74) is -0.134. The Kier molecular flexibility index (Phi) is 4.24. The van der Waals surface area contributed by atoms with Gasteiger partial charge in [0.05, 0.1) is 23.6 Å². The average molecular weight is 401 g/mol. The zero-order valence-corrected chi connectivity index (χ0v) is 16.5. The third-order valence-electron chi connectivity index (χ3n) is 6.36. The topological polar surface area (TPSA) is 96.5 Å². The van der Waals surface area contributed by atoms with Gasteiger partial charge in [0.1, 0.15) is 17.0 Å². The normalized spacial score (nSPS) is 30.6. The third kappa shape index (κ3) is 2.84. The zero-order chi connectivity index (χ0) is 19.3. The van der Waals surface area contributed by atoms with Crippen molar-refractivity contribution in [1.29, 1.82) is 0 Å². The van der Waals surface area contributed by atoms with Crippen molar-refractivity contribution in [2.24, 2.45) is 11.8 Å². The van der Waals surface area contributed by atoms with Crippen molar-refractivity contribution in [3.8, 4) is 0 Å². The molecule has 0 saturated carbocycles. The number of carbonyl (C=O) groups is 2. The van der Waals surface area contributed by atoms with Crippen LogP contribution in [0.15, 0.2) is 17.8 Å². The molecule has 2 aromatic rings. The molecule has 1 spiro atoms. The van der Waals surface area contributed by atoms with Crippen molar-refractivity contribution >= 4 is 39.2 Å². The number of hydrogen-bond donors (Lipinski definition) is 2. The van der Waals surface area contributed by atoms with Crippen LogP contribution in [0.25, 0.3) is 10.2 Å². The Hall–Kier alpha value is -2.26. The van der Waals surface area contributed by atoms with Crippen molar-refractivity contribution in [3.63, 3.8) is 0 Å². The van der Waals surface area contributed by atoms with E-state index >= 15 is 0 Å². The highest BCUT2D eigenvalue weighted by molar-refractivity contribution is 7.16. The molecule has 0 unspecified atom stereocenters. The molecule has 2 amide bonds. The first-order valence-corrected chi connectivity index (χ1v) is 10.6. The Balaban J connectivity index is 1.31. The minimum Gasteiger partial charge on any atom is -0.369 e. The van der Waals surface area contributed by atoms with Crippen LogP contribution in [-0.4, -0.2) is 59.7 Å². The molecule has 2 N–H and O–H groups in total. The first-order valence-electron chi connectivity index (χ1n) is 9.68. The highest BCUT2D eigenvalue weighted by atomic mass is 32.1. The summed E-state index contributed by atoms with van der Waals surface area (Å²) in [5, 5.41) is 8.66. The summed E-state index contributed by atoms with van der Waals surface area (Å²) in [6.07, 6.45) is 3.94. The summed E-state index contributed by atoms with van der Waals surface area (Å²) >= 11 is 1.63. The molecule has 0 aliphatic carbocycles. The number of anilines is 1. The lowest BCUT2D eigenvalue weighted by atomic mass is 9.73. The van der Waals surface area contributed by atoms with Crippen molar-refractivity contribution in [2.45, 2.75) is 31.5 Å². The molecule has 4 atom stereocenters. The number of hydrogen-bond acceptors (Lipinski definition) is 7. The molecule has 3 saturated heterocycles. The predicted molar refractivity (Wildman–Crippen MR) is 105 cm³/mol. The second-order valence-electron chi connectivity index (χ2n) is 7.96. The molecule has 5 heterocycles. The smallest absolute Gasteiger partial charge is 0.239 e. The van der Waals surface area contributed by atoms with Crippen LogP contribution >= 0.6 is 11.3 Å². The quantitative estimate of drug-likeness (QED) is 0.774. The largest absolute Gasteiger partial charge is 0.369 e. The number of ether oxygens (including phenoxy) is 1. The average Bonchev–Trinajstić information content (AvgIpc) is 3.43. The fourth-order valence-corrected chi connectivity index (χ4v) is 5.88. The number of fused-ring (bicyclic) bond motifs is 2. The van der Waals surface area contributed by atoms with Gasteiger partial charge in [-0.2, -0.15) is 0 Å². The molecule has 0 radical (unpaired) electrons. The molecule has 3 aliphatic rings. The van der Waals surface area contributed by atoms with Gasteiger partial charge in [-0.25, -0.2) is 9.97 Å². The molecule has 3 fully saturated rings. The lowest BCUT2D eigenvalue weighted by molar-refractivity contribution is -0.125. The van der Waals surface area contributed by atoms with Gasteiger partial charge in [0.25, 0.3) is 0 Å². The van der Waals surface area contributed by atoms with Crippen LogP contribution in [0.1, 0.15) is 19.8 Å². The Bertz CT molecular complexity index is 933. The van der Waals surface area contributed by atoms with Crippen LogP contribution in [0, 0.1) is 11.8 Å². The molecule has 0 aromatic carbocycles. The van der Waals surface area contributed by atoms with Crippen LogP contribution in [0.4, 0.5) is 5.82 Å². The van der Waals surface area contributed by atoms with E-state index in [1.54, 1.807) is 17.7 Å². The number of aromatic nitrogens is 2. The van der Waals surface area contributed by atoms with Gasteiger partial charge >= 0.3 is 0 Å². The van der Waals surface area contributed by atoms with Crippen LogP contribution in [0.3, 0.4) is 0 Å². The molecular weight excluding hydrogens is 378 g/mol. The van der Waals surface area contributed by atoms with Gasteiger partial charge in [-0.05, 0) is 24.3 Å². The van der Waals surface area contributed by atoms with E-state index in [1.165, 1.54) is 6.92 Å². The van der Waals surface area contributed by atoms with E-state index in [0.717, 1.165) is 42.0 Å². The van der Waals surface area contributed by atoms with Crippen molar-refractivity contribution in [3.05, 3.63) is 17.8 Å². The SMILES string of the molecule is CC(=O)NCC(=O)NC[C@H]1[C@H]2CN(c3ncnc4sccc34)C[C@]23CC[C@H]1O3. The standard InChI is InChI=1S/C19H23N5O3S/c1-11(25)20-7-16(26)21-6-13-14-8-24(9-19(14)4-2-15(13)27-19)17-12-3-5-28-18(12)23-10-22-17/h3,5,10,13-15H,2,4,6-9H2,1H3,(H,20,25)(H,21,26)/t13-,14+,15+,19+/m0/s1. The molecule has 2 bridgehead atoms. The van der Waals surface area contributed by atoms with E-state index in [1.807, 2.05) is 5.38 Å². The Morgan fingerprint density at radius 2 is 2.29 bits per heavy atom. The number of nitrogens with one attached hydrogen (secondary N) is 2. The monoisotopic (exact) mass is 401 g/mol. The molecule has 148 valence electrons. The summed E-state index contributed by atoms with van der Waals surface area (Å²) in [6.45, 7) is 3.73. The van der Waals surface area contributed by atoms with Gasteiger partial charge in [-0.1, -0.05) is 0 Å². The van der Waals surface area contributed by atoms with Gasteiger partial charge in [-0.3, -0.25) is 9.59 Å². The molecule has 2 aromatic heterocycles. The van der Waals surface area contributed by atoms with Gasteiger partial charge in [0, 0.05) is 38.4 Å². The van der Waals surface area contributed by atoms with Crippen molar-refractivity contribution in [2.75, 3.05) is 31.1 Å². The minimum absolute atomic E-state index is 0.0204. The number of rotatable bonds is 5. The summed E-state index contributed by atoms with van der Waals surface area (Å²) in [5.74, 6) is 1.29.